The molecular weight excluding hydrogens is 430 g/mol. The lowest BCUT2D eigenvalue weighted by atomic mass is 9.85. The van der Waals surface area contributed by atoms with E-state index in [4.69, 9.17) is 4.74 Å². The molecule has 0 radical (unpaired) electrons. The first-order valence-electron chi connectivity index (χ1n) is 11.0. The van der Waals surface area contributed by atoms with Gasteiger partial charge in [-0.2, -0.15) is 0 Å². The van der Waals surface area contributed by atoms with Crippen LogP contribution in [0.15, 0.2) is 72.8 Å². The van der Waals surface area contributed by atoms with Crippen molar-refractivity contribution in [2.75, 3.05) is 7.11 Å². The van der Waals surface area contributed by atoms with Crippen LogP contribution < -0.4 is 4.74 Å². The fraction of sp³-hybridized carbons (Fsp3) is 0.259. The predicted molar refractivity (Wildman–Crippen MR) is 128 cm³/mol. The van der Waals surface area contributed by atoms with Gasteiger partial charge in [0.25, 0.3) is 11.7 Å². The lowest BCUT2D eigenvalue weighted by Gasteiger charge is -2.25. The topological polar surface area (TPSA) is 92.6 Å². The molecule has 1 atom stereocenters. The molecule has 1 unspecified atom stereocenters. The number of likely N-dealkylation sites (tertiary alicyclic amines) is 1. The van der Waals surface area contributed by atoms with Crippen LogP contribution in [0.4, 0.5) is 0 Å². The standard InChI is InChI=1S/C27H27N3O4/c1-27(2,3)19-7-8-21(34-4)20(14-19)24(31)22-23(18-9-12-28-13-10-18)30(26(33)25(22)32)16-17-6-5-11-29-15-17/h5-15,23,31H,16H2,1-4H3/b24-22+. The lowest BCUT2D eigenvalue weighted by molar-refractivity contribution is -0.140. The van der Waals surface area contributed by atoms with Gasteiger partial charge in [-0.3, -0.25) is 19.6 Å². The summed E-state index contributed by atoms with van der Waals surface area (Å²) in [6.07, 6.45) is 6.49. The summed E-state index contributed by atoms with van der Waals surface area (Å²) < 4.78 is 5.50. The number of Topliss-reactive ketones (excluding diaryl/α,β-unsaturated/α-hetero) is 1. The van der Waals surface area contributed by atoms with Crippen LogP contribution in [-0.4, -0.2) is 38.8 Å². The van der Waals surface area contributed by atoms with Gasteiger partial charge in [-0.05, 0) is 52.4 Å². The number of aromatic nitrogens is 2. The molecule has 1 aliphatic rings. The molecule has 0 spiro atoms. The van der Waals surface area contributed by atoms with E-state index in [1.807, 2.05) is 18.2 Å². The van der Waals surface area contributed by atoms with E-state index in [2.05, 4.69) is 30.7 Å². The normalized spacial score (nSPS) is 17.8. The van der Waals surface area contributed by atoms with Gasteiger partial charge < -0.3 is 14.7 Å². The van der Waals surface area contributed by atoms with Gasteiger partial charge in [-0.1, -0.05) is 32.9 Å². The number of ether oxygens (including phenoxy) is 1. The minimum Gasteiger partial charge on any atom is -0.507 e. The molecule has 3 aromatic rings. The molecule has 174 valence electrons. The number of carbonyl (C=O) groups excluding carboxylic acids is 2. The summed E-state index contributed by atoms with van der Waals surface area (Å²) in [5.41, 5.74) is 2.59. The van der Waals surface area contributed by atoms with E-state index in [0.717, 1.165) is 11.1 Å². The average Bonchev–Trinajstić information content (AvgIpc) is 3.08. The Morgan fingerprint density at radius 3 is 2.41 bits per heavy atom. The largest absolute Gasteiger partial charge is 0.507 e. The summed E-state index contributed by atoms with van der Waals surface area (Å²) in [5.74, 6) is -1.28. The van der Waals surface area contributed by atoms with Crippen LogP contribution in [0.5, 0.6) is 5.75 Å². The van der Waals surface area contributed by atoms with Gasteiger partial charge in [0, 0.05) is 31.3 Å². The highest BCUT2D eigenvalue weighted by molar-refractivity contribution is 6.46. The van der Waals surface area contributed by atoms with Crippen molar-refractivity contribution < 1.29 is 19.4 Å². The molecule has 7 heteroatoms. The molecule has 0 saturated carbocycles. The fourth-order valence-electron chi connectivity index (χ4n) is 4.13. The zero-order chi connectivity index (χ0) is 24.5. The maximum Gasteiger partial charge on any atom is 0.295 e. The number of rotatable bonds is 5. The smallest absolute Gasteiger partial charge is 0.295 e. The molecule has 1 aromatic carbocycles. The zero-order valence-electron chi connectivity index (χ0n) is 19.6. The Hall–Kier alpha value is -4.00. The number of ketones is 1. The number of carbonyl (C=O) groups is 2. The Morgan fingerprint density at radius 1 is 1.06 bits per heavy atom. The summed E-state index contributed by atoms with van der Waals surface area (Å²) in [6, 6.07) is 11.8. The molecule has 3 heterocycles. The third kappa shape index (κ3) is 4.29. The molecule has 1 fully saturated rings. The van der Waals surface area contributed by atoms with E-state index >= 15 is 0 Å². The summed E-state index contributed by atoms with van der Waals surface area (Å²) >= 11 is 0. The minimum absolute atomic E-state index is 0.0180. The molecule has 7 nitrogen and oxygen atoms in total. The summed E-state index contributed by atoms with van der Waals surface area (Å²) in [4.78, 5) is 36.1. The van der Waals surface area contributed by atoms with Crippen LogP contribution in [-0.2, 0) is 21.5 Å². The number of amides is 1. The number of methoxy groups -OCH3 is 1. The Morgan fingerprint density at radius 2 is 1.79 bits per heavy atom. The molecule has 1 aliphatic heterocycles. The first kappa shape index (κ1) is 23.2. The number of benzene rings is 1. The Labute approximate surface area is 198 Å². The van der Waals surface area contributed by atoms with E-state index in [0.29, 0.717) is 16.9 Å². The Bertz CT molecular complexity index is 1250. The SMILES string of the molecule is COc1ccc(C(C)(C)C)cc1/C(O)=C1\C(=O)C(=O)N(Cc2cccnc2)C1c1ccncc1. The van der Waals surface area contributed by atoms with Crippen LogP contribution in [0, 0.1) is 0 Å². The molecule has 1 saturated heterocycles. The zero-order valence-corrected chi connectivity index (χ0v) is 19.6. The van der Waals surface area contributed by atoms with Crippen molar-refractivity contribution in [3.63, 3.8) is 0 Å². The van der Waals surface area contributed by atoms with Gasteiger partial charge in [0.15, 0.2) is 0 Å². The fourth-order valence-corrected chi connectivity index (χ4v) is 4.13. The molecule has 0 bridgehead atoms. The first-order chi connectivity index (χ1) is 16.2. The third-order valence-corrected chi connectivity index (χ3v) is 5.96. The first-order valence-corrected chi connectivity index (χ1v) is 11.0. The highest BCUT2D eigenvalue weighted by Crippen LogP contribution is 2.42. The van der Waals surface area contributed by atoms with E-state index in [9.17, 15) is 14.7 Å². The second-order valence-corrected chi connectivity index (χ2v) is 9.23. The highest BCUT2D eigenvalue weighted by Gasteiger charge is 2.46. The van der Waals surface area contributed by atoms with Crippen LogP contribution in [0.1, 0.15) is 49.1 Å². The second kappa shape index (κ2) is 9.09. The molecule has 1 amide bonds. The number of hydrogen-bond acceptors (Lipinski definition) is 6. The van der Waals surface area contributed by atoms with Crippen LogP contribution >= 0.6 is 0 Å². The van der Waals surface area contributed by atoms with E-state index in [1.165, 1.54) is 12.0 Å². The summed E-state index contributed by atoms with van der Waals surface area (Å²) in [7, 11) is 1.50. The van der Waals surface area contributed by atoms with Crippen LogP contribution in [0.3, 0.4) is 0 Å². The molecule has 34 heavy (non-hydrogen) atoms. The van der Waals surface area contributed by atoms with E-state index in [-0.39, 0.29) is 23.3 Å². The van der Waals surface area contributed by atoms with Crippen molar-refractivity contribution >= 4 is 17.4 Å². The summed E-state index contributed by atoms with van der Waals surface area (Å²) in [5, 5.41) is 11.5. The molecule has 1 N–H and O–H groups in total. The monoisotopic (exact) mass is 457 g/mol. The number of aliphatic hydroxyl groups excluding tert-OH is 1. The number of pyridine rings is 2. The van der Waals surface area contributed by atoms with Crippen molar-refractivity contribution in [2.24, 2.45) is 0 Å². The van der Waals surface area contributed by atoms with Gasteiger partial charge in [-0.25, -0.2) is 0 Å². The second-order valence-electron chi connectivity index (χ2n) is 9.23. The van der Waals surface area contributed by atoms with Crippen LogP contribution in [0.25, 0.3) is 5.76 Å². The predicted octanol–water partition coefficient (Wildman–Crippen LogP) is 4.40. The minimum atomic E-state index is -0.786. The Kier molecular flexibility index (Phi) is 6.20. The van der Waals surface area contributed by atoms with Gasteiger partial charge in [-0.15, -0.1) is 0 Å². The average molecular weight is 458 g/mol. The summed E-state index contributed by atoms with van der Waals surface area (Å²) in [6.45, 7) is 6.34. The van der Waals surface area contributed by atoms with Crippen molar-refractivity contribution in [2.45, 2.75) is 38.8 Å². The number of aliphatic hydroxyl groups is 1. The Balaban J connectivity index is 1.91. The van der Waals surface area contributed by atoms with Crippen molar-refractivity contribution in [3.05, 3.63) is 95.1 Å². The van der Waals surface area contributed by atoms with Gasteiger partial charge in [0.1, 0.15) is 11.5 Å². The maximum atomic E-state index is 13.3. The van der Waals surface area contributed by atoms with Crippen molar-refractivity contribution in [1.29, 1.82) is 0 Å². The van der Waals surface area contributed by atoms with Gasteiger partial charge in [0.2, 0.25) is 0 Å². The van der Waals surface area contributed by atoms with Gasteiger partial charge in [0.05, 0.1) is 24.3 Å². The van der Waals surface area contributed by atoms with Crippen molar-refractivity contribution in [3.8, 4) is 5.75 Å². The molecule has 0 aliphatic carbocycles. The van der Waals surface area contributed by atoms with E-state index in [1.54, 1.807) is 49.1 Å². The van der Waals surface area contributed by atoms with Gasteiger partial charge >= 0.3 is 0 Å². The molecule has 4 rings (SSSR count). The van der Waals surface area contributed by atoms with Crippen molar-refractivity contribution in [1.82, 2.24) is 14.9 Å². The highest BCUT2D eigenvalue weighted by atomic mass is 16.5. The third-order valence-electron chi connectivity index (χ3n) is 5.96. The number of nitrogens with zero attached hydrogens (tertiary/aromatic N) is 3. The quantitative estimate of drug-likeness (QED) is 0.347. The van der Waals surface area contributed by atoms with E-state index < -0.39 is 17.7 Å². The maximum absolute atomic E-state index is 13.3. The molecular formula is C27H27N3O4. The van der Waals surface area contributed by atoms with Crippen LogP contribution in [0.2, 0.25) is 0 Å². The lowest BCUT2D eigenvalue weighted by Crippen LogP contribution is -2.29. The number of hydrogen-bond donors (Lipinski definition) is 1. The molecule has 2 aromatic heterocycles.